The fourth-order valence-corrected chi connectivity index (χ4v) is 4.49. The van der Waals surface area contributed by atoms with Crippen molar-refractivity contribution in [2.75, 3.05) is 5.75 Å². The van der Waals surface area contributed by atoms with Crippen molar-refractivity contribution in [3.8, 4) is 17.1 Å². The molecule has 1 saturated carbocycles. The molecule has 3 amide bonds. The molecule has 3 aromatic rings. The Labute approximate surface area is 194 Å². The van der Waals surface area contributed by atoms with Crippen molar-refractivity contribution in [1.82, 2.24) is 25.4 Å². The van der Waals surface area contributed by atoms with Crippen LogP contribution in [0.15, 0.2) is 53.7 Å². The van der Waals surface area contributed by atoms with Crippen molar-refractivity contribution in [2.45, 2.75) is 43.3 Å². The first kappa shape index (κ1) is 22.9. The molecule has 172 valence electrons. The summed E-state index contributed by atoms with van der Waals surface area (Å²) in [4.78, 5) is 24.5. The van der Waals surface area contributed by atoms with E-state index < -0.39 is 17.8 Å². The zero-order chi connectivity index (χ0) is 23.2. The van der Waals surface area contributed by atoms with Crippen LogP contribution in [0.1, 0.15) is 32.1 Å². The number of nitrogens with one attached hydrogen (secondary N) is 2. The summed E-state index contributed by atoms with van der Waals surface area (Å²) in [5.41, 5.74) is 1.19. The number of carbonyl (C=O) groups excluding carboxylic acids is 2. The van der Waals surface area contributed by atoms with Crippen LogP contribution in [0.2, 0.25) is 0 Å². The average molecular weight is 472 g/mol. The zero-order valence-electron chi connectivity index (χ0n) is 17.8. The van der Waals surface area contributed by atoms with Crippen molar-refractivity contribution in [1.29, 1.82) is 0 Å². The van der Waals surface area contributed by atoms with Gasteiger partial charge in [-0.15, -0.1) is 10.2 Å². The molecule has 0 spiro atoms. The Morgan fingerprint density at radius 1 is 0.939 bits per heavy atom. The molecule has 1 aliphatic rings. The maximum absolute atomic E-state index is 13.5. The summed E-state index contributed by atoms with van der Waals surface area (Å²) in [5, 5.41) is 13.9. The first-order valence-electron chi connectivity index (χ1n) is 10.7. The van der Waals surface area contributed by atoms with E-state index in [1.807, 2.05) is 0 Å². The quantitative estimate of drug-likeness (QED) is 0.518. The smallest absolute Gasteiger partial charge is 0.321 e. The van der Waals surface area contributed by atoms with E-state index in [-0.39, 0.29) is 17.6 Å². The van der Waals surface area contributed by atoms with Gasteiger partial charge in [-0.25, -0.2) is 13.6 Å². The van der Waals surface area contributed by atoms with Crippen LogP contribution in [0.3, 0.4) is 0 Å². The first-order valence-corrected chi connectivity index (χ1v) is 11.7. The number of urea groups is 1. The molecule has 0 bridgehead atoms. The van der Waals surface area contributed by atoms with Crippen LogP contribution in [-0.4, -0.2) is 38.5 Å². The lowest BCUT2D eigenvalue weighted by Crippen LogP contribution is -2.45. The molecule has 10 heteroatoms. The molecule has 2 N–H and O–H groups in total. The fraction of sp³-hybridized carbons (Fsp3) is 0.304. The van der Waals surface area contributed by atoms with Gasteiger partial charge in [0.25, 0.3) is 0 Å². The van der Waals surface area contributed by atoms with Crippen LogP contribution >= 0.6 is 11.8 Å². The SMILES string of the molecule is O=C(CSc1nnc(-c2ccc(F)cc2)n1-c1ccc(F)cc1)NC(=O)NC1CCCCC1. The third-order valence-corrected chi connectivity index (χ3v) is 6.28. The van der Waals surface area contributed by atoms with E-state index in [4.69, 9.17) is 0 Å². The summed E-state index contributed by atoms with van der Waals surface area (Å²) in [7, 11) is 0. The van der Waals surface area contributed by atoms with Crippen LogP contribution in [0.4, 0.5) is 13.6 Å². The van der Waals surface area contributed by atoms with Gasteiger partial charge in [-0.1, -0.05) is 31.0 Å². The number of amides is 3. The lowest BCUT2D eigenvalue weighted by Gasteiger charge is -2.22. The molecule has 2 aromatic carbocycles. The predicted molar refractivity (Wildman–Crippen MR) is 121 cm³/mol. The average Bonchev–Trinajstić information content (AvgIpc) is 3.23. The molecular formula is C23H23F2N5O2S. The van der Waals surface area contributed by atoms with Gasteiger partial charge in [0.15, 0.2) is 11.0 Å². The monoisotopic (exact) mass is 471 g/mol. The predicted octanol–water partition coefficient (Wildman–Crippen LogP) is 4.46. The van der Waals surface area contributed by atoms with Gasteiger partial charge in [0.2, 0.25) is 5.91 Å². The second-order valence-corrected chi connectivity index (χ2v) is 8.71. The van der Waals surface area contributed by atoms with Gasteiger partial charge >= 0.3 is 6.03 Å². The summed E-state index contributed by atoms with van der Waals surface area (Å²) in [6.45, 7) is 0. The molecule has 0 radical (unpaired) electrons. The minimum absolute atomic E-state index is 0.0686. The Hall–Kier alpha value is -3.27. The van der Waals surface area contributed by atoms with E-state index in [0.717, 1.165) is 37.4 Å². The largest absolute Gasteiger partial charge is 0.335 e. The zero-order valence-corrected chi connectivity index (χ0v) is 18.6. The fourth-order valence-electron chi connectivity index (χ4n) is 3.73. The molecule has 33 heavy (non-hydrogen) atoms. The minimum atomic E-state index is -0.500. The third-order valence-electron chi connectivity index (χ3n) is 5.35. The van der Waals surface area contributed by atoms with E-state index in [9.17, 15) is 18.4 Å². The second kappa shape index (κ2) is 10.6. The Morgan fingerprint density at radius 2 is 1.58 bits per heavy atom. The Bertz CT molecular complexity index is 1110. The number of thioether (sulfide) groups is 1. The second-order valence-electron chi connectivity index (χ2n) is 7.77. The van der Waals surface area contributed by atoms with Crippen LogP contribution < -0.4 is 10.6 Å². The Balaban J connectivity index is 1.47. The number of nitrogens with zero attached hydrogens (tertiary/aromatic N) is 3. The molecule has 4 rings (SSSR count). The van der Waals surface area contributed by atoms with Gasteiger partial charge in [0.05, 0.1) is 5.75 Å². The lowest BCUT2D eigenvalue weighted by atomic mass is 9.96. The molecule has 0 saturated heterocycles. The van der Waals surface area contributed by atoms with Crippen LogP contribution in [0, 0.1) is 11.6 Å². The highest BCUT2D eigenvalue weighted by molar-refractivity contribution is 7.99. The number of benzene rings is 2. The summed E-state index contributed by atoms with van der Waals surface area (Å²) in [6, 6.07) is 11.1. The summed E-state index contributed by atoms with van der Waals surface area (Å²) >= 11 is 1.09. The first-order chi connectivity index (χ1) is 16.0. The van der Waals surface area contributed by atoms with Crippen LogP contribution in [0.5, 0.6) is 0 Å². The number of rotatable bonds is 6. The lowest BCUT2D eigenvalue weighted by molar-refractivity contribution is -0.117. The molecule has 7 nitrogen and oxygen atoms in total. The van der Waals surface area contributed by atoms with E-state index in [2.05, 4.69) is 20.8 Å². The summed E-state index contributed by atoms with van der Waals surface area (Å²) in [5.74, 6) is -0.900. The number of halogens is 2. The third kappa shape index (κ3) is 5.95. The van der Waals surface area contributed by atoms with Gasteiger partial charge < -0.3 is 5.32 Å². The number of hydrogen-bond acceptors (Lipinski definition) is 5. The number of aromatic nitrogens is 3. The van der Waals surface area contributed by atoms with Crippen LogP contribution in [-0.2, 0) is 4.79 Å². The topological polar surface area (TPSA) is 88.9 Å². The molecule has 1 heterocycles. The molecule has 1 aliphatic carbocycles. The van der Waals surface area contributed by atoms with Gasteiger partial charge in [-0.2, -0.15) is 0 Å². The van der Waals surface area contributed by atoms with E-state index in [1.165, 1.54) is 30.7 Å². The van der Waals surface area contributed by atoms with Gasteiger partial charge in [0, 0.05) is 17.3 Å². The summed E-state index contributed by atoms with van der Waals surface area (Å²) in [6.07, 6.45) is 5.16. The maximum Gasteiger partial charge on any atom is 0.321 e. The molecule has 0 unspecified atom stereocenters. The van der Waals surface area contributed by atoms with Crippen molar-refractivity contribution in [3.05, 3.63) is 60.2 Å². The highest BCUT2D eigenvalue weighted by atomic mass is 32.2. The standard InChI is InChI=1S/C23H23F2N5O2S/c24-16-8-6-15(7-9-16)21-28-29-23(30(21)19-12-10-17(25)11-13-19)33-14-20(31)27-22(32)26-18-4-2-1-3-5-18/h6-13,18H,1-5,14H2,(H2,26,27,31,32). The normalized spacial score (nSPS) is 14.1. The minimum Gasteiger partial charge on any atom is -0.335 e. The summed E-state index contributed by atoms with van der Waals surface area (Å²) < 4.78 is 28.5. The van der Waals surface area contributed by atoms with Gasteiger partial charge in [-0.05, 0) is 61.4 Å². The van der Waals surface area contributed by atoms with Crippen molar-refractivity contribution >= 4 is 23.7 Å². The van der Waals surface area contributed by atoms with E-state index >= 15 is 0 Å². The molecule has 1 aromatic heterocycles. The van der Waals surface area contributed by atoms with E-state index in [1.54, 1.807) is 28.8 Å². The molecular weight excluding hydrogens is 448 g/mol. The molecule has 0 atom stereocenters. The highest BCUT2D eigenvalue weighted by Crippen LogP contribution is 2.28. The number of imide groups is 1. The Kier molecular flexibility index (Phi) is 7.33. The maximum atomic E-state index is 13.5. The van der Waals surface area contributed by atoms with Crippen molar-refractivity contribution in [2.24, 2.45) is 0 Å². The Morgan fingerprint density at radius 3 is 2.24 bits per heavy atom. The van der Waals surface area contributed by atoms with Gasteiger partial charge in [0.1, 0.15) is 11.6 Å². The molecule has 0 aliphatic heterocycles. The number of carbonyl (C=O) groups is 2. The number of hydrogen-bond donors (Lipinski definition) is 2. The van der Waals surface area contributed by atoms with E-state index in [0.29, 0.717) is 22.2 Å². The van der Waals surface area contributed by atoms with Crippen molar-refractivity contribution < 1.29 is 18.4 Å². The molecule has 1 fully saturated rings. The van der Waals surface area contributed by atoms with Crippen LogP contribution in [0.25, 0.3) is 17.1 Å². The van der Waals surface area contributed by atoms with Crippen molar-refractivity contribution in [3.63, 3.8) is 0 Å². The van der Waals surface area contributed by atoms with Gasteiger partial charge in [-0.3, -0.25) is 14.7 Å². The highest BCUT2D eigenvalue weighted by Gasteiger charge is 2.20.